The number of benzene rings is 2. The standard InChI is InChI=1S/C37H48ClN3O4S/c1-25-5-3-6-29(21-40-15-17-44-18-16-40)32-11-8-30(32)22-41-23-37(14-4-7-27-19-31(38)10-12-33(27)37)24-45-35-13-9-28(20-34(35)41)36(42)39-46(43)26(25)2/h3,6,9-10,12-13,19-20,25-26,29-30,32H,4-5,7-8,11,14-18,21-24H2,1-2H3,(H,39,42)/b6-3+/t25?,26?,29-,30?,32?,37-,46?/m0/s1. The lowest BCUT2D eigenvalue weighted by molar-refractivity contribution is 0.0190. The summed E-state index contributed by atoms with van der Waals surface area (Å²) >= 11 is 6.47. The van der Waals surface area contributed by atoms with Crippen molar-refractivity contribution in [2.45, 2.75) is 63.0 Å². The first-order valence-electron chi connectivity index (χ1n) is 17.3. The third-order valence-corrected chi connectivity index (χ3v) is 13.3. The van der Waals surface area contributed by atoms with Crippen molar-refractivity contribution in [3.8, 4) is 5.75 Å². The summed E-state index contributed by atoms with van der Waals surface area (Å²) in [5.41, 5.74) is 3.99. The molecular formula is C37H48ClN3O4S. The second-order valence-electron chi connectivity index (χ2n) is 14.4. The number of aryl methyl sites for hydroxylation is 1. The van der Waals surface area contributed by atoms with Crippen LogP contribution in [0.15, 0.2) is 48.6 Å². The lowest BCUT2D eigenvalue weighted by atomic mass is 9.65. The molecule has 46 heavy (non-hydrogen) atoms. The summed E-state index contributed by atoms with van der Waals surface area (Å²) in [6.45, 7) is 11.1. The van der Waals surface area contributed by atoms with Crippen LogP contribution in [0.4, 0.5) is 5.69 Å². The summed E-state index contributed by atoms with van der Waals surface area (Å²) in [7, 11) is -1.50. The Morgan fingerprint density at radius 2 is 1.96 bits per heavy atom. The van der Waals surface area contributed by atoms with Gasteiger partial charge in [0.25, 0.3) is 5.91 Å². The molecule has 2 aromatic rings. The summed E-state index contributed by atoms with van der Waals surface area (Å²) in [4.78, 5) is 18.6. The number of carbonyl (C=O) groups excluding carboxylic acids is 1. The maximum atomic E-state index is 13.5. The van der Waals surface area contributed by atoms with Crippen molar-refractivity contribution >= 4 is 34.2 Å². The van der Waals surface area contributed by atoms with Gasteiger partial charge in [0, 0.05) is 48.7 Å². The van der Waals surface area contributed by atoms with Gasteiger partial charge in [0.2, 0.25) is 0 Å². The van der Waals surface area contributed by atoms with Crippen molar-refractivity contribution in [1.82, 2.24) is 9.62 Å². The van der Waals surface area contributed by atoms with Crippen LogP contribution in [-0.2, 0) is 27.6 Å². The van der Waals surface area contributed by atoms with E-state index < -0.39 is 11.0 Å². The van der Waals surface area contributed by atoms with Crippen LogP contribution in [0, 0.1) is 23.7 Å². The number of ether oxygens (including phenoxy) is 2. The van der Waals surface area contributed by atoms with Gasteiger partial charge in [-0.15, -0.1) is 0 Å². The van der Waals surface area contributed by atoms with Gasteiger partial charge in [0.1, 0.15) is 16.7 Å². The number of amides is 1. The number of nitrogens with one attached hydrogen (secondary N) is 1. The number of rotatable bonds is 2. The maximum absolute atomic E-state index is 13.5. The van der Waals surface area contributed by atoms with Crippen LogP contribution in [0.5, 0.6) is 5.75 Å². The molecule has 5 unspecified atom stereocenters. The van der Waals surface area contributed by atoms with E-state index in [4.69, 9.17) is 21.1 Å². The molecule has 1 spiro atoms. The van der Waals surface area contributed by atoms with Crippen LogP contribution in [0.1, 0.15) is 67.4 Å². The number of anilines is 1. The fourth-order valence-corrected chi connectivity index (χ4v) is 9.67. The molecule has 7 rings (SSSR count). The van der Waals surface area contributed by atoms with Crippen LogP contribution in [-0.4, -0.2) is 72.8 Å². The molecule has 2 fully saturated rings. The molecule has 0 aromatic heterocycles. The highest BCUT2D eigenvalue weighted by atomic mass is 35.5. The zero-order valence-corrected chi connectivity index (χ0v) is 28.8. The second kappa shape index (κ2) is 13.6. The van der Waals surface area contributed by atoms with Crippen LogP contribution >= 0.6 is 11.6 Å². The topological polar surface area (TPSA) is 71.1 Å². The number of fused-ring (bicyclic) bond motifs is 4. The van der Waals surface area contributed by atoms with Crippen molar-refractivity contribution in [2.24, 2.45) is 23.7 Å². The van der Waals surface area contributed by atoms with Gasteiger partial charge in [-0.3, -0.25) is 14.4 Å². The van der Waals surface area contributed by atoms with E-state index in [-0.39, 0.29) is 22.5 Å². The number of carbonyl (C=O) groups is 1. The van der Waals surface area contributed by atoms with E-state index in [1.807, 2.05) is 31.2 Å². The number of hydrogen-bond donors (Lipinski definition) is 1. The SMILES string of the molecule is CC1C/C=C/[C@@H](CN2CCOCC2)C2CCC2CN2C[C@@]3(CCCc4cc(Cl)ccc43)COc3ccc(cc32)C(=O)NS(=O)C1C. The van der Waals surface area contributed by atoms with Gasteiger partial charge in [0.15, 0.2) is 0 Å². The predicted octanol–water partition coefficient (Wildman–Crippen LogP) is 6.17. The second-order valence-corrected chi connectivity index (χ2v) is 16.4. The Balaban J connectivity index is 1.26. The molecule has 2 bridgehead atoms. The highest BCUT2D eigenvalue weighted by Gasteiger charge is 2.44. The molecule has 1 saturated carbocycles. The van der Waals surface area contributed by atoms with Gasteiger partial charge in [-0.2, -0.15) is 0 Å². The third kappa shape index (κ3) is 6.52. The first-order valence-corrected chi connectivity index (χ1v) is 18.9. The van der Waals surface area contributed by atoms with E-state index in [0.717, 1.165) is 88.1 Å². The quantitative estimate of drug-likeness (QED) is 0.388. The summed E-state index contributed by atoms with van der Waals surface area (Å²) in [5, 5.41) is 0.614. The Kier molecular flexibility index (Phi) is 9.52. The molecule has 7 nitrogen and oxygen atoms in total. The number of halogens is 1. The van der Waals surface area contributed by atoms with Crippen LogP contribution in [0.25, 0.3) is 0 Å². The summed E-state index contributed by atoms with van der Waals surface area (Å²) in [6.07, 6.45) is 11.2. The summed E-state index contributed by atoms with van der Waals surface area (Å²) in [5.74, 6) is 2.28. The largest absolute Gasteiger partial charge is 0.490 e. The Morgan fingerprint density at radius 1 is 1.11 bits per heavy atom. The molecule has 2 aromatic carbocycles. The van der Waals surface area contributed by atoms with Gasteiger partial charge in [-0.25, -0.2) is 4.21 Å². The van der Waals surface area contributed by atoms with E-state index in [0.29, 0.717) is 29.9 Å². The maximum Gasteiger partial charge on any atom is 0.263 e. The highest BCUT2D eigenvalue weighted by molar-refractivity contribution is 7.84. The van der Waals surface area contributed by atoms with E-state index in [1.165, 1.54) is 24.0 Å². The molecule has 1 saturated heterocycles. The summed E-state index contributed by atoms with van der Waals surface area (Å²) in [6, 6.07) is 12.1. The molecule has 9 heteroatoms. The Hall–Kier alpha value is -2.39. The number of morpholine rings is 1. The van der Waals surface area contributed by atoms with Crippen molar-refractivity contribution < 1.29 is 18.5 Å². The van der Waals surface area contributed by atoms with E-state index in [2.05, 4.69) is 45.7 Å². The smallest absolute Gasteiger partial charge is 0.263 e. The fourth-order valence-electron chi connectivity index (χ4n) is 8.46. The van der Waals surface area contributed by atoms with Crippen LogP contribution in [0.2, 0.25) is 5.02 Å². The van der Waals surface area contributed by atoms with Gasteiger partial charge in [-0.05, 0) is 111 Å². The first-order chi connectivity index (χ1) is 22.3. The molecule has 248 valence electrons. The first kappa shape index (κ1) is 32.2. The molecule has 0 radical (unpaired) electrons. The minimum Gasteiger partial charge on any atom is -0.490 e. The summed E-state index contributed by atoms with van der Waals surface area (Å²) < 4.78 is 28.5. The number of allylic oxidation sites excluding steroid dienone is 1. The third-order valence-electron chi connectivity index (χ3n) is 11.6. The van der Waals surface area contributed by atoms with Gasteiger partial charge in [0.05, 0.1) is 30.8 Å². The number of hydrogen-bond acceptors (Lipinski definition) is 6. The molecule has 1 N–H and O–H groups in total. The van der Waals surface area contributed by atoms with E-state index >= 15 is 0 Å². The van der Waals surface area contributed by atoms with E-state index in [1.54, 1.807) is 0 Å². The molecular weight excluding hydrogens is 618 g/mol. The molecule has 5 aliphatic rings. The minimum absolute atomic E-state index is 0.167. The van der Waals surface area contributed by atoms with Crippen molar-refractivity contribution in [3.63, 3.8) is 0 Å². The Bertz CT molecular complexity index is 1490. The zero-order chi connectivity index (χ0) is 31.8. The minimum atomic E-state index is -1.50. The van der Waals surface area contributed by atoms with Crippen molar-refractivity contribution in [3.05, 3.63) is 70.3 Å². The number of nitrogens with zero attached hydrogens (tertiary/aromatic N) is 2. The zero-order valence-electron chi connectivity index (χ0n) is 27.2. The lowest BCUT2D eigenvalue weighted by Gasteiger charge is -2.47. The van der Waals surface area contributed by atoms with Gasteiger partial charge in [-0.1, -0.05) is 36.7 Å². The molecule has 7 atom stereocenters. The highest BCUT2D eigenvalue weighted by Crippen LogP contribution is 2.47. The fraction of sp³-hybridized carbons (Fsp3) is 0.595. The molecule has 1 amide bonds. The Morgan fingerprint density at radius 3 is 2.76 bits per heavy atom. The van der Waals surface area contributed by atoms with Crippen LogP contribution < -0.4 is 14.4 Å². The van der Waals surface area contributed by atoms with Crippen molar-refractivity contribution in [1.29, 1.82) is 0 Å². The molecule has 2 aliphatic carbocycles. The van der Waals surface area contributed by atoms with Crippen molar-refractivity contribution in [2.75, 3.05) is 57.4 Å². The van der Waals surface area contributed by atoms with Gasteiger partial charge >= 0.3 is 0 Å². The average Bonchev–Trinajstić information content (AvgIpc) is 3.19. The lowest BCUT2D eigenvalue weighted by Crippen LogP contribution is -2.50. The predicted molar refractivity (Wildman–Crippen MR) is 185 cm³/mol. The monoisotopic (exact) mass is 665 g/mol. The normalized spacial score (nSPS) is 34.3. The van der Waals surface area contributed by atoms with Crippen LogP contribution in [0.3, 0.4) is 0 Å². The Labute approximate surface area is 281 Å². The van der Waals surface area contributed by atoms with Gasteiger partial charge < -0.3 is 14.4 Å². The average molecular weight is 666 g/mol. The molecule has 3 aliphatic heterocycles. The van der Waals surface area contributed by atoms with E-state index in [9.17, 15) is 9.00 Å². The molecule has 3 heterocycles.